The van der Waals surface area contributed by atoms with Crippen LogP contribution in [0, 0.1) is 0 Å². The van der Waals surface area contributed by atoms with Gasteiger partial charge in [-0.3, -0.25) is 9.69 Å². The molecule has 4 rings (SSSR count). The summed E-state index contributed by atoms with van der Waals surface area (Å²) in [6, 6.07) is 6.23. The van der Waals surface area contributed by atoms with E-state index in [1.807, 2.05) is 0 Å². The van der Waals surface area contributed by atoms with Crippen molar-refractivity contribution in [3.05, 3.63) is 24.3 Å². The van der Waals surface area contributed by atoms with E-state index in [2.05, 4.69) is 10.2 Å². The Kier molecular flexibility index (Phi) is 8.24. The first-order valence-electron chi connectivity index (χ1n) is 11.9. The average Bonchev–Trinajstić information content (AvgIpc) is 2.88. The molecule has 1 N–H and O–H groups in total. The third kappa shape index (κ3) is 6.05. The second-order valence-electron chi connectivity index (χ2n) is 8.94. The van der Waals surface area contributed by atoms with E-state index in [1.165, 1.54) is 35.7 Å². The minimum atomic E-state index is -3.54. The largest absolute Gasteiger partial charge is 0.484 e. The Hall–Kier alpha value is -1.72. The monoisotopic (exact) mass is 481 g/mol. The second kappa shape index (κ2) is 11.1. The SMILES string of the molecule is O=C(COc1ccc(S(=O)(=O)N2CCOCC2)cc1)NCC1(N2CCOCC2)CCCCC1. The van der Waals surface area contributed by atoms with Crippen LogP contribution in [0.3, 0.4) is 0 Å². The number of nitrogens with zero attached hydrogens (tertiary/aromatic N) is 2. The fourth-order valence-electron chi connectivity index (χ4n) is 4.96. The number of hydrogen-bond acceptors (Lipinski definition) is 7. The van der Waals surface area contributed by atoms with Crippen LogP contribution in [0.1, 0.15) is 32.1 Å². The molecule has 0 spiro atoms. The van der Waals surface area contributed by atoms with Gasteiger partial charge in [-0.05, 0) is 37.1 Å². The van der Waals surface area contributed by atoms with Gasteiger partial charge in [-0.2, -0.15) is 4.31 Å². The van der Waals surface area contributed by atoms with E-state index in [0.29, 0.717) is 38.6 Å². The van der Waals surface area contributed by atoms with Crippen LogP contribution in [-0.4, -0.2) is 94.8 Å². The lowest BCUT2D eigenvalue weighted by Gasteiger charge is -2.48. The van der Waals surface area contributed by atoms with Crippen LogP contribution < -0.4 is 10.1 Å². The molecule has 1 aromatic carbocycles. The predicted molar refractivity (Wildman–Crippen MR) is 123 cm³/mol. The summed E-state index contributed by atoms with van der Waals surface area (Å²) in [6.07, 6.45) is 5.80. The van der Waals surface area contributed by atoms with Crippen molar-refractivity contribution in [1.29, 1.82) is 0 Å². The van der Waals surface area contributed by atoms with Crippen molar-refractivity contribution in [2.75, 3.05) is 65.8 Å². The minimum Gasteiger partial charge on any atom is -0.484 e. The number of sulfonamides is 1. The molecule has 3 aliphatic rings. The van der Waals surface area contributed by atoms with E-state index in [1.54, 1.807) is 12.1 Å². The van der Waals surface area contributed by atoms with Crippen LogP contribution in [-0.2, 0) is 24.3 Å². The van der Waals surface area contributed by atoms with E-state index in [0.717, 1.165) is 39.1 Å². The van der Waals surface area contributed by atoms with Crippen LogP contribution in [0.2, 0.25) is 0 Å². The Morgan fingerprint density at radius 1 is 0.939 bits per heavy atom. The van der Waals surface area contributed by atoms with Gasteiger partial charge >= 0.3 is 0 Å². The molecule has 10 heteroatoms. The molecular formula is C23H35N3O6S. The van der Waals surface area contributed by atoms with Gasteiger partial charge in [0.2, 0.25) is 10.0 Å². The zero-order valence-corrected chi connectivity index (χ0v) is 20.0. The molecule has 1 saturated carbocycles. The summed E-state index contributed by atoms with van der Waals surface area (Å²) >= 11 is 0. The van der Waals surface area contributed by atoms with E-state index in [-0.39, 0.29) is 22.9 Å². The Morgan fingerprint density at radius 2 is 1.55 bits per heavy atom. The number of amides is 1. The van der Waals surface area contributed by atoms with Crippen molar-refractivity contribution < 1.29 is 27.4 Å². The van der Waals surface area contributed by atoms with Gasteiger partial charge in [-0.15, -0.1) is 0 Å². The molecule has 2 saturated heterocycles. The summed E-state index contributed by atoms with van der Waals surface area (Å²) < 4.78 is 43.2. The van der Waals surface area contributed by atoms with Gasteiger partial charge in [0.1, 0.15) is 5.75 Å². The number of nitrogens with one attached hydrogen (secondary N) is 1. The first-order chi connectivity index (χ1) is 16.0. The number of hydrogen-bond donors (Lipinski definition) is 1. The quantitative estimate of drug-likeness (QED) is 0.597. The average molecular weight is 482 g/mol. The van der Waals surface area contributed by atoms with Gasteiger partial charge in [0.05, 0.1) is 31.3 Å². The van der Waals surface area contributed by atoms with E-state index in [4.69, 9.17) is 14.2 Å². The van der Waals surface area contributed by atoms with Crippen molar-refractivity contribution in [3.8, 4) is 5.75 Å². The molecule has 9 nitrogen and oxygen atoms in total. The molecule has 0 radical (unpaired) electrons. The van der Waals surface area contributed by atoms with E-state index in [9.17, 15) is 13.2 Å². The smallest absolute Gasteiger partial charge is 0.258 e. The van der Waals surface area contributed by atoms with E-state index >= 15 is 0 Å². The van der Waals surface area contributed by atoms with Crippen molar-refractivity contribution >= 4 is 15.9 Å². The van der Waals surface area contributed by atoms with Gasteiger partial charge in [0, 0.05) is 38.3 Å². The number of rotatable bonds is 8. The number of ether oxygens (including phenoxy) is 3. The maximum absolute atomic E-state index is 12.7. The fraction of sp³-hybridized carbons (Fsp3) is 0.696. The van der Waals surface area contributed by atoms with Crippen LogP contribution in [0.15, 0.2) is 29.2 Å². The van der Waals surface area contributed by atoms with Crippen molar-refractivity contribution in [2.24, 2.45) is 0 Å². The highest BCUT2D eigenvalue weighted by molar-refractivity contribution is 7.89. The van der Waals surface area contributed by atoms with Gasteiger partial charge in [-0.1, -0.05) is 19.3 Å². The summed E-state index contributed by atoms with van der Waals surface area (Å²) in [5.74, 6) is 0.296. The normalized spacial score (nSPS) is 22.5. The lowest BCUT2D eigenvalue weighted by molar-refractivity contribution is -0.124. The molecule has 1 amide bonds. The fourth-order valence-corrected chi connectivity index (χ4v) is 6.37. The Labute approximate surface area is 196 Å². The molecule has 184 valence electrons. The molecule has 2 aliphatic heterocycles. The van der Waals surface area contributed by atoms with Crippen LogP contribution >= 0.6 is 0 Å². The van der Waals surface area contributed by atoms with Crippen molar-refractivity contribution in [1.82, 2.24) is 14.5 Å². The Morgan fingerprint density at radius 3 is 2.18 bits per heavy atom. The summed E-state index contributed by atoms with van der Waals surface area (Å²) in [4.78, 5) is 15.2. The topological polar surface area (TPSA) is 97.4 Å². The van der Waals surface area contributed by atoms with Gasteiger partial charge < -0.3 is 19.5 Å². The Bertz CT molecular complexity index is 874. The first-order valence-corrected chi connectivity index (χ1v) is 13.3. The van der Waals surface area contributed by atoms with Gasteiger partial charge in [-0.25, -0.2) is 8.42 Å². The zero-order chi connectivity index (χ0) is 23.2. The van der Waals surface area contributed by atoms with Crippen LogP contribution in [0.5, 0.6) is 5.75 Å². The Balaban J connectivity index is 1.28. The molecule has 0 bridgehead atoms. The lowest BCUT2D eigenvalue weighted by Crippen LogP contribution is -2.60. The number of carbonyl (C=O) groups excluding carboxylic acids is 1. The van der Waals surface area contributed by atoms with Crippen molar-refractivity contribution in [2.45, 2.75) is 42.5 Å². The van der Waals surface area contributed by atoms with E-state index < -0.39 is 10.0 Å². The summed E-state index contributed by atoms with van der Waals surface area (Å²) in [5, 5.41) is 3.08. The second-order valence-corrected chi connectivity index (χ2v) is 10.9. The first kappa shape index (κ1) is 24.4. The molecular weight excluding hydrogens is 446 g/mol. The van der Waals surface area contributed by atoms with Crippen LogP contribution in [0.25, 0.3) is 0 Å². The van der Waals surface area contributed by atoms with Crippen molar-refractivity contribution in [3.63, 3.8) is 0 Å². The molecule has 1 aliphatic carbocycles. The standard InChI is InChI=1S/C23H35N3O6S/c27-22(24-19-23(8-2-1-3-9-23)25-10-14-30-15-11-25)18-32-20-4-6-21(7-5-20)33(28,29)26-12-16-31-17-13-26/h4-7H,1-3,8-19H2,(H,24,27). The van der Waals surface area contributed by atoms with Gasteiger partial charge in [0.15, 0.2) is 6.61 Å². The minimum absolute atomic E-state index is 0.00713. The van der Waals surface area contributed by atoms with Gasteiger partial charge in [0.25, 0.3) is 5.91 Å². The third-order valence-electron chi connectivity index (χ3n) is 6.88. The molecule has 0 atom stereocenters. The molecule has 3 fully saturated rings. The maximum Gasteiger partial charge on any atom is 0.258 e. The highest BCUT2D eigenvalue weighted by Crippen LogP contribution is 2.33. The lowest BCUT2D eigenvalue weighted by atomic mass is 9.79. The molecule has 1 aromatic rings. The third-order valence-corrected chi connectivity index (χ3v) is 8.80. The number of carbonyl (C=O) groups is 1. The molecule has 2 heterocycles. The molecule has 0 unspecified atom stereocenters. The van der Waals surface area contributed by atoms with Crippen LogP contribution in [0.4, 0.5) is 0 Å². The number of morpholine rings is 2. The predicted octanol–water partition coefficient (Wildman–Crippen LogP) is 1.24. The maximum atomic E-state index is 12.7. The number of benzene rings is 1. The summed E-state index contributed by atoms with van der Waals surface area (Å²) in [6.45, 7) is 5.34. The highest BCUT2D eigenvalue weighted by atomic mass is 32.2. The molecule has 33 heavy (non-hydrogen) atoms. The molecule has 0 aromatic heterocycles. The summed E-state index contributed by atoms with van der Waals surface area (Å²) in [7, 11) is -3.54. The summed E-state index contributed by atoms with van der Waals surface area (Å²) in [5.41, 5.74) is 0.00713. The zero-order valence-electron chi connectivity index (χ0n) is 19.2. The highest BCUT2D eigenvalue weighted by Gasteiger charge is 2.38.